The standard InChI is InChI=1S/C21H23ClN2O4/c1-27-17-7-8-19(28-2)18(13-17)23-20(25)14-9-11-24(12-10-14)21(26)15-3-5-16(22)6-4-15/h3-8,13-14H,9-12H2,1-2H3,(H,23,25). The molecule has 2 amide bonds. The van der Waals surface area contributed by atoms with Crippen LogP contribution >= 0.6 is 11.6 Å². The Kier molecular flexibility index (Phi) is 6.41. The van der Waals surface area contributed by atoms with Gasteiger partial charge in [0.2, 0.25) is 5.91 Å². The van der Waals surface area contributed by atoms with E-state index < -0.39 is 0 Å². The Hall–Kier alpha value is -2.73. The summed E-state index contributed by atoms with van der Waals surface area (Å²) in [5.41, 5.74) is 1.18. The second kappa shape index (κ2) is 8.97. The first-order valence-electron chi connectivity index (χ1n) is 9.09. The summed E-state index contributed by atoms with van der Waals surface area (Å²) in [4.78, 5) is 27.1. The van der Waals surface area contributed by atoms with Gasteiger partial charge in [0.1, 0.15) is 11.5 Å². The summed E-state index contributed by atoms with van der Waals surface area (Å²) in [5.74, 6) is 0.935. The lowest BCUT2D eigenvalue weighted by molar-refractivity contribution is -0.121. The molecule has 1 heterocycles. The first-order valence-corrected chi connectivity index (χ1v) is 9.47. The van der Waals surface area contributed by atoms with Crippen LogP contribution in [0.1, 0.15) is 23.2 Å². The number of methoxy groups -OCH3 is 2. The lowest BCUT2D eigenvalue weighted by Gasteiger charge is -2.31. The third kappa shape index (κ3) is 4.57. The van der Waals surface area contributed by atoms with E-state index in [-0.39, 0.29) is 17.7 Å². The van der Waals surface area contributed by atoms with Crippen molar-refractivity contribution in [1.82, 2.24) is 4.90 Å². The summed E-state index contributed by atoms with van der Waals surface area (Å²) in [5, 5.41) is 3.52. The highest BCUT2D eigenvalue weighted by molar-refractivity contribution is 6.30. The van der Waals surface area contributed by atoms with Gasteiger partial charge in [-0.3, -0.25) is 9.59 Å². The first kappa shape index (κ1) is 20.0. The quantitative estimate of drug-likeness (QED) is 0.824. The molecular weight excluding hydrogens is 380 g/mol. The van der Waals surface area contributed by atoms with Crippen molar-refractivity contribution in [2.24, 2.45) is 5.92 Å². The Morgan fingerprint density at radius 3 is 2.32 bits per heavy atom. The number of rotatable bonds is 5. The van der Waals surface area contributed by atoms with Crippen molar-refractivity contribution in [3.63, 3.8) is 0 Å². The van der Waals surface area contributed by atoms with Crippen molar-refractivity contribution >= 4 is 29.1 Å². The molecule has 2 aromatic rings. The molecule has 0 saturated carbocycles. The van der Waals surface area contributed by atoms with Crippen molar-refractivity contribution in [1.29, 1.82) is 0 Å². The summed E-state index contributed by atoms with van der Waals surface area (Å²) < 4.78 is 10.5. The molecular formula is C21H23ClN2O4. The van der Waals surface area contributed by atoms with Crippen molar-refractivity contribution < 1.29 is 19.1 Å². The van der Waals surface area contributed by atoms with Gasteiger partial charge >= 0.3 is 0 Å². The van der Waals surface area contributed by atoms with Crippen LogP contribution in [0.5, 0.6) is 11.5 Å². The highest BCUT2D eigenvalue weighted by Crippen LogP contribution is 2.30. The average molecular weight is 403 g/mol. The Morgan fingerprint density at radius 2 is 1.71 bits per heavy atom. The number of piperidine rings is 1. The molecule has 1 fully saturated rings. The van der Waals surface area contributed by atoms with Crippen molar-refractivity contribution in [2.45, 2.75) is 12.8 Å². The maximum Gasteiger partial charge on any atom is 0.253 e. The molecule has 3 rings (SSSR count). The van der Waals surface area contributed by atoms with Gasteiger partial charge in [0.25, 0.3) is 5.91 Å². The van der Waals surface area contributed by atoms with E-state index in [9.17, 15) is 9.59 Å². The number of halogens is 1. The SMILES string of the molecule is COc1ccc(OC)c(NC(=O)C2CCN(C(=O)c3ccc(Cl)cc3)CC2)c1. The second-order valence-corrected chi connectivity index (χ2v) is 7.07. The number of likely N-dealkylation sites (tertiary alicyclic amines) is 1. The summed E-state index contributed by atoms with van der Waals surface area (Å²) in [6, 6.07) is 12.1. The number of hydrogen-bond acceptors (Lipinski definition) is 4. The van der Waals surface area contributed by atoms with E-state index >= 15 is 0 Å². The molecule has 148 valence electrons. The van der Waals surface area contributed by atoms with Gasteiger partial charge in [-0.15, -0.1) is 0 Å². The van der Waals surface area contributed by atoms with Crippen molar-refractivity contribution in [3.05, 3.63) is 53.1 Å². The Bertz CT molecular complexity index is 846. The molecule has 1 N–H and O–H groups in total. The van der Waals surface area contributed by atoms with Crippen LogP contribution in [0.15, 0.2) is 42.5 Å². The predicted molar refractivity (Wildman–Crippen MR) is 108 cm³/mol. The van der Waals surface area contributed by atoms with Crippen LogP contribution in [0.2, 0.25) is 5.02 Å². The number of anilines is 1. The molecule has 6 nitrogen and oxygen atoms in total. The maximum atomic E-state index is 12.7. The van der Waals surface area contributed by atoms with E-state index in [2.05, 4.69) is 5.32 Å². The molecule has 0 bridgehead atoms. The van der Waals surface area contributed by atoms with Crippen LogP contribution in [0.4, 0.5) is 5.69 Å². The molecule has 0 spiro atoms. The molecule has 1 aliphatic rings. The minimum atomic E-state index is -0.162. The van der Waals surface area contributed by atoms with E-state index in [0.29, 0.717) is 53.7 Å². The van der Waals surface area contributed by atoms with Crippen LogP contribution in [-0.4, -0.2) is 44.0 Å². The summed E-state index contributed by atoms with van der Waals surface area (Å²) in [6.45, 7) is 1.07. The number of nitrogens with one attached hydrogen (secondary N) is 1. The molecule has 0 aromatic heterocycles. The number of benzene rings is 2. The molecule has 1 saturated heterocycles. The van der Waals surface area contributed by atoms with E-state index in [4.69, 9.17) is 21.1 Å². The lowest BCUT2D eigenvalue weighted by atomic mass is 9.95. The fourth-order valence-corrected chi connectivity index (χ4v) is 3.39. The van der Waals surface area contributed by atoms with Crippen LogP contribution in [-0.2, 0) is 4.79 Å². The largest absolute Gasteiger partial charge is 0.497 e. The highest BCUT2D eigenvalue weighted by Gasteiger charge is 2.28. The van der Waals surface area contributed by atoms with Gasteiger partial charge in [-0.25, -0.2) is 0 Å². The number of ether oxygens (including phenoxy) is 2. The van der Waals surface area contributed by atoms with Gasteiger partial charge in [-0.1, -0.05) is 11.6 Å². The second-order valence-electron chi connectivity index (χ2n) is 6.63. The molecule has 7 heteroatoms. The number of nitrogens with zero attached hydrogens (tertiary/aromatic N) is 1. The number of hydrogen-bond donors (Lipinski definition) is 1. The third-order valence-corrected chi connectivity index (χ3v) is 5.16. The zero-order valence-corrected chi connectivity index (χ0v) is 16.7. The monoisotopic (exact) mass is 402 g/mol. The number of amides is 2. The molecule has 0 unspecified atom stereocenters. The lowest BCUT2D eigenvalue weighted by Crippen LogP contribution is -2.41. The van der Waals surface area contributed by atoms with Gasteiger partial charge in [-0.05, 0) is 49.2 Å². The van der Waals surface area contributed by atoms with Crippen LogP contribution in [0.25, 0.3) is 0 Å². The van der Waals surface area contributed by atoms with E-state index in [1.165, 1.54) is 0 Å². The molecule has 0 aliphatic carbocycles. The number of carbonyl (C=O) groups excluding carboxylic acids is 2. The van der Waals surface area contributed by atoms with Gasteiger partial charge in [0, 0.05) is 35.7 Å². The predicted octanol–water partition coefficient (Wildman–Crippen LogP) is 3.85. The molecule has 1 aliphatic heterocycles. The van der Waals surface area contributed by atoms with Gasteiger partial charge < -0.3 is 19.7 Å². The average Bonchev–Trinajstić information content (AvgIpc) is 2.73. The zero-order chi connectivity index (χ0) is 20.1. The fourth-order valence-electron chi connectivity index (χ4n) is 3.27. The Labute approximate surface area is 169 Å². The number of carbonyl (C=O) groups is 2. The maximum absolute atomic E-state index is 12.7. The molecule has 0 radical (unpaired) electrons. The fraction of sp³-hybridized carbons (Fsp3) is 0.333. The van der Waals surface area contributed by atoms with Crippen LogP contribution in [0.3, 0.4) is 0 Å². The first-order chi connectivity index (χ1) is 13.5. The summed E-state index contributed by atoms with van der Waals surface area (Å²) in [7, 11) is 3.12. The van der Waals surface area contributed by atoms with Gasteiger partial charge in [-0.2, -0.15) is 0 Å². The van der Waals surface area contributed by atoms with E-state index in [0.717, 1.165) is 0 Å². The molecule has 2 aromatic carbocycles. The zero-order valence-electron chi connectivity index (χ0n) is 15.9. The minimum absolute atomic E-state index is 0.0370. The minimum Gasteiger partial charge on any atom is -0.497 e. The Balaban J connectivity index is 1.59. The van der Waals surface area contributed by atoms with Crippen molar-refractivity contribution in [2.75, 3.05) is 32.6 Å². The van der Waals surface area contributed by atoms with Gasteiger partial charge in [0.15, 0.2) is 0 Å². The van der Waals surface area contributed by atoms with E-state index in [1.807, 2.05) is 0 Å². The van der Waals surface area contributed by atoms with Crippen molar-refractivity contribution in [3.8, 4) is 11.5 Å². The molecule has 0 atom stereocenters. The third-order valence-electron chi connectivity index (χ3n) is 4.91. The van der Waals surface area contributed by atoms with Crippen LogP contribution < -0.4 is 14.8 Å². The summed E-state index contributed by atoms with van der Waals surface area (Å²) >= 11 is 5.88. The normalized spacial score (nSPS) is 14.5. The topological polar surface area (TPSA) is 67.9 Å². The Morgan fingerprint density at radius 1 is 1.04 bits per heavy atom. The summed E-state index contributed by atoms with van der Waals surface area (Å²) in [6.07, 6.45) is 1.22. The molecule has 28 heavy (non-hydrogen) atoms. The van der Waals surface area contributed by atoms with Gasteiger partial charge in [0.05, 0.1) is 19.9 Å². The van der Waals surface area contributed by atoms with E-state index in [1.54, 1.807) is 61.6 Å². The highest BCUT2D eigenvalue weighted by atomic mass is 35.5. The smallest absolute Gasteiger partial charge is 0.253 e. The van der Waals surface area contributed by atoms with Crippen LogP contribution in [0, 0.1) is 5.92 Å².